The molecule has 1 amide bonds. The van der Waals surface area contributed by atoms with Crippen LogP contribution in [0.25, 0.3) is 0 Å². The van der Waals surface area contributed by atoms with E-state index in [1.807, 2.05) is 24.3 Å². The largest absolute Gasteiger partial charge is 0.497 e. The fraction of sp³-hybridized carbons (Fsp3) is 0.611. The Kier molecular flexibility index (Phi) is 4.67. The number of hydrogen-bond acceptors (Lipinski definition) is 3. The fourth-order valence-electron chi connectivity index (χ4n) is 3.98. The Balaban J connectivity index is 1.68. The maximum absolute atomic E-state index is 12.8. The number of likely N-dealkylation sites (tertiary alicyclic amines) is 2. The SMILES string of the molecule is COc1cccc(CC(=O)N2CCC[C@H]2[C@H]2CCCN2C)c1. The van der Waals surface area contributed by atoms with Gasteiger partial charge in [-0.25, -0.2) is 0 Å². The molecule has 0 saturated carbocycles. The predicted octanol–water partition coefficient (Wildman–Crippen LogP) is 2.32. The third kappa shape index (κ3) is 3.12. The van der Waals surface area contributed by atoms with Crippen LogP contribution in [-0.2, 0) is 11.2 Å². The van der Waals surface area contributed by atoms with Crippen molar-refractivity contribution >= 4 is 5.91 Å². The summed E-state index contributed by atoms with van der Waals surface area (Å²) in [4.78, 5) is 17.3. The molecule has 120 valence electrons. The molecular weight excluding hydrogens is 276 g/mol. The normalized spacial score (nSPS) is 25.6. The molecule has 0 radical (unpaired) electrons. The van der Waals surface area contributed by atoms with Crippen LogP contribution in [0.15, 0.2) is 24.3 Å². The van der Waals surface area contributed by atoms with E-state index in [0.29, 0.717) is 18.5 Å². The Morgan fingerprint density at radius 1 is 1.23 bits per heavy atom. The number of hydrogen-bond donors (Lipinski definition) is 0. The van der Waals surface area contributed by atoms with Crippen LogP contribution in [0, 0.1) is 0 Å². The molecule has 0 unspecified atom stereocenters. The number of likely N-dealkylation sites (N-methyl/N-ethyl adjacent to an activating group) is 1. The molecule has 2 aliphatic heterocycles. The lowest BCUT2D eigenvalue weighted by atomic mass is 10.0. The molecular formula is C18H26N2O2. The molecule has 4 heteroatoms. The average molecular weight is 302 g/mol. The third-order valence-corrected chi connectivity index (χ3v) is 5.13. The minimum atomic E-state index is 0.260. The Labute approximate surface area is 133 Å². The minimum Gasteiger partial charge on any atom is -0.497 e. The van der Waals surface area contributed by atoms with Crippen molar-refractivity contribution in [3.8, 4) is 5.75 Å². The summed E-state index contributed by atoms with van der Waals surface area (Å²) in [6, 6.07) is 8.80. The van der Waals surface area contributed by atoms with Crippen LogP contribution < -0.4 is 4.74 Å². The van der Waals surface area contributed by atoms with Crippen molar-refractivity contribution in [2.45, 2.75) is 44.2 Å². The third-order valence-electron chi connectivity index (χ3n) is 5.13. The van der Waals surface area contributed by atoms with Gasteiger partial charge in [-0.3, -0.25) is 4.79 Å². The Morgan fingerprint density at radius 3 is 2.73 bits per heavy atom. The van der Waals surface area contributed by atoms with Gasteiger partial charge >= 0.3 is 0 Å². The molecule has 0 N–H and O–H groups in total. The van der Waals surface area contributed by atoms with Crippen LogP contribution in [-0.4, -0.2) is 55.0 Å². The van der Waals surface area contributed by atoms with Crippen LogP contribution in [0.2, 0.25) is 0 Å². The molecule has 0 aromatic heterocycles. The second kappa shape index (κ2) is 6.69. The summed E-state index contributed by atoms with van der Waals surface area (Å²) in [6.45, 7) is 2.08. The number of ether oxygens (including phenoxy) is 1. The highest BCUT2D eigenvalue weighted by Gasteiger charge is 2.38. The van der Waals surface area contributed by atoms with Crippen LogP contribution >= 0.6 is 0 Å². The Hall–Kier alpha value is -1.55. The van der Waals surface area contributed by atoms with E-state index in [1.54, 1.807) is 7.11 Å². The summed E-state index contributed by atoms with van der Waals surface area (Å²) in [5.41, 5.74) is 1.04. The molecule has 0 bridgehead atoms. The van der Waals surface area contributed by atoms with E-state index >= 15 is 0 Å². The van der Waals surface area contributed by atoms with Gasteiger partial charge in [0.15, 0.2) is 0 Å². The van der Waals surface area contributed by atoms with Crippen molar-refractivity contribution in [2.75, 3.05) is 27.2 Å². The number of carbonyl (C=O) groups excluding carboxylic acids is 1. The first kappa shape index (κ1) is 15.3. The molecule has 0 spiro atoms. The molecule has 3 rings (SSSR count). The van der Waals surface area contributed by atoms with Gasteiger partial charge in [-0.2, -0.15) is 0 Å². The molecule has 0 aliphatic carbocycles. The molecule has 2 saturated heterocycles. The lowest BCUT2D eigenvalue weighted by molar-refractivity contribution is -0.132. The van der Waals surface area contributed by atoms with Crippen molar-refractivity contribution in [2.24, 2.45) is 0 Å². The van der Waals surface area contributed by atoms with Gasteiger partial charge in [-0.15, -0.1) is 0 Å². The van der Waals surface area contributed by atoms with Gasteiger partial charge in [-0.1, -0.05) is 12.1 Å². The molecule has 2 aliphatic rings. The minimum absolute atomic E-state index is 0.260. The first-order chi connectivity index (χ1) is 10.7. The maximum atomic E-state index is 12.8. The van der Waals surface area contributed by atoms with E-state index in [4.69, 9.17) is 4.74 Å². The highest BCUT2D eigenvalue weighted by atomic mass is 16.5. The standard InChI is InChI=1S/C18H26N2O2/c1-19-10-4-8-16(19)17-9-5-11-20(17)18(21)13-14-6-3-7-15(12-14)22-2/h3,6-7,12,16-17H,4-5,8-11,13H2,1-2H3/t16-,17+/m1/s1. The zero-order valence-electron chi connectivity index (χ0n) is 13.6. The number of carbonyl (C=O) groups is 1. The second-order valence-corrected chi connectivity index (χ2v) is 6.52. The quantitative estimate of drug-likeness (QED) is 0.856. The zero-order valence-corrected chi connectivity index (χ0v) is 13.6. The number of rotatable bonds is 4. The van der Waals surface area contributed by atoms with Crippen molar-refractivity contribution in [1.29, 1.82) is 0 Å². The molecule has 2 atom stereocenters. The van der Waals surface area contributed by atoms with Crippen LogP contribution in [0.1, 0.15) is 31.2 Å². The Morgan fingerprint density at radius 2 is 2.00 bits per heavy atom. The van der Waals surface area contributed by atoms with E-state index < -0.39 is 0 Å². The highest BCUT2D eigenvalue weighted by molar-refractivity contribution is 5.79. The van der Waals surface area contributed by atoms with Crippen molar-refractivity contribution in [3.05, 3.63) is 29.8 Å². The summed E-state index contributed by atoms with van der Waals surface area (Å²) in [5.74, 6) is 1.08. The second-order valence-electron chi connectivity index (χ2n) is 6.52. The molecule has 1 aromatic rings. The first-order valence-electron chi connectivity index (χ1n) is 8.31. The van der Waals surface area contributed by atoms with Crippen molar-refractivity contribution < 1.29 is 9.53 Å². The number of benzene rings is 1. The van der Waals surface area contributed by atoms with Gasteiger partial charge < -0.3 is 14.5 Å². The van der Waals surface area contributed by atoms with E-state index in [1.165, 1.54) is 19.4 Å². The monoisotopic (exact) mass is 302 g/mol. The number of nitrogens with zero attached hydrogens (tertiary/aromatic N) is 2. The summed E-state index contributed by atoms with van der Waals surface area (Å²) < 4.78 is 5.25. The van der Waals surface area contributed by atoms with Crippen LogP contribution in [0.5, 0.6) is 5.75 Å². The Bertz CT molecular complexity index is 532. The molecule has 22 heavy (non-hydrogen) atoms. The summed E-state index contributed by atoms with van der Waals surface area (Å²) >= 11 is 0. The van der Waals surface area contributed by atoms with Gasteiger partial charge in [0, 0.05) is 18.6 Å². The topological polar surface area (TPSA) is 32.8 Å². The van der Waals surface area contributed by atoms with E-state index in [2.05, 4.69) is 16.8 Å². The predicted molar refractivity (Wildman–Crippen MR) is 87.1 cm³/mol. The fourth-order valence-corrected chi connectivity index (χ4v) is 3.98. The van der Waals surface area contributed by atoms with Crippen LogP contribution in [0.3, 0.4) is 0 Å². The molecule has 2 fully saturated rings. The number of methoxy groups -OCH3 is 1. The van der Waals surface area contributed by atoms with E-state index in [-0.39, 0.29) is 5.91 Å². The summed E-state index contributed by atoms with van der Waals surface area (Å²) in [7, 11) is 3.86. The lowest BCUT2D eigenvalue weighted by Gasteiger charge is -2.33. The van der Waals surface area contributed by atoms with Crippen LogP contribution in [0.4, 0.5) is 0 Å². The van der Waals surface area contributed by atoms with Gasteiger partial charge in [0.25, 0.3) is 0 Å². The average Bonchev–Trinajstić information content (AvgIpc) is 3.15. The first-order valence-corrected chi connectivity index (χ1v) is 8.31. The smallest absolute Gasteiger partial charge is 0.227 e. The zero-order chi connectivity index (χ0) is 15.5. The summed E-state index contributed by atoms with van der Waals surface area (Å²) in [6.07, 6.45) is 5.25. The molecule has 1 aromatic carbocycles. The van der Waals surface area contributed by atoms with Gasteiger partial charge in [-0.05, 0) is 57.0 Å². The summed E-state index contributed by atoms with van der Waals surface area (Å²) in [5, 5.41) is 0. The van der Waals surface area contributed by atoms with E-state index in [9.17, 15) is 4.79 Å². The van der Waals surface area contributed by atoms with Gasteiger partial charge in [0.2, 0.25) is 5.91 Å². The van der Waals surface area contributed by atoms with E-state index in [0.717, 1.165) is 30.7 Å². The highest BCUT2D eigenvalue weighted by Crippen LogP contribution is 2.29. The molecule has 4 nitrogen and oxygen atoms in total. The van der Waals surface area contributed by atoms with Crippen molar-refractivity contribution in [1.82, 2.24) is 9.80 Å². The van der Waals surface area contributed by atoms with Gasteiger partial charge in [0.05, 0.1) is 13.5 Å². The molecule has 2 heterocycles. The van der Waals surface area contributed by atoms with Crippen molar-refractivity contribution in [3.63, 3.8) is 0 Å². The maximum Gasteiger partial charge on any atom is 0.227 e. The lowest BCUT2D eigenvalue weighted by Crippen LogP contribution is -2.47. The number of amides is 1. The van der Waals surface area contributed by atoms with Gasteiger partial charge in [0.1, 0.15) is 5.75 Å².